The number of benzene rings is 3. The highest BCUT2D eigenvalue weighted by Crippen LogP contribution is 2.30. The Morgan fingerprint density at radius 3 is 2.03 bits per heavy atom. The van der Waals surface area contributed by atoms with Crippen LogP contribution < -0.4 is 0 Å². The number of hydrogen-bond acceptors (Lipinski definition) is 4. The number of carbonyl (C=O) groups is 3. The SMILES string of the molecule is O=C(O)CC(Cc1ccccc1-c1ccccc1)SC(=O)c1ccccc1C(=O)O. The predicted octanol–water partition coefficient (Wildman–Crippen LogP) is 5.01. The molecule has 0 amide bonds. The normalized spacial score (nSPS) is 11.6. The first-order valence-electron chi connectivity index (χ1n) is 9.34. The van der Waals surface area contributed by atoms with E-state index in [2.05, 4.69) is 0 Å². The van der Waals surface area contributed by atoms with Crippen molar-refractivity contribution in [2.24, 2.45) is 0 Å². The Labute approximate surface area is 178 Å². The molecule has 0 saturated heterocycles. The fraction of sp³-hybridized carbons (Fsp3) is 0.125. The number of hydrogen-bond donors (Lipinski definition) is 2. The molecule has 30 heavy (non-hydrogen) atoms. The molecular weight excluding hydrogens is 400 g/mol. The monoisotopic (exact) mass is 420 g/mol. The lowest BCUT2D eigenvalue weighted by Gasteiger charge is -2.17. The van der Waals surface area contributed by atoms with Gasteiger partial charge in [-0.2, -0.15) is 0 Å². The molecule has 0 fully saturated rings. The topological polar surface area (TPSA) is 91.7 Å². The van der Waals surface area contributed by atoms with Gasteiger partial charge in [-0.05, 0) is 35.2 Å². The van der Waals surface area contributed by atoms with Crippen LogP contribution in [0.5, 0.6) is 0 Å². The van der Waals surface area contributed by atoms with Crippen molar-refractivity contribution in [1.29, 1.82) is 0 Å². The van der Waals surface area contributed by atoms with Gasteiger partial charge in [0, 0.05) is 10.8 Å². The minimum Gasteiger partial charge on any atom is -0.481 e. The molecule has 0 aliphatic heterocycles. The van der Waals surface area contributed by atoms with E-state index in [1.807, 2.05) is 54.6 Å². The standard InChI is InChI=1S/C24H20O5S/c25-22(26)15-18(30-24(29)21-13-7-6-12-20(21)23(27)28)14-17-10-4-5-11-19(17)16-8-2-1-3-9-16/h1-13,18H,14-15H2,(H,25,26)(H,27,28). The molecule has 3 rings (SSSR count). The summed E-state index contributed by atoms with van der Waals surface area (Å²) in [5.74, 6) is -2.20. The van der Waals surface area contributed by atoms with E-state index in [0.717, 1.165) is 28.5 Å². The fourth-order valence-electron chi connectivity index (χ4n) is 3.26. The number of carboxylic acids is 2. The highest BCUT2D eigenvalue weighted by molar-refractivity contribution is 8.14. The van der Waals surface area contributed by atoms with Gasteiger partial charge < -0.3 is 10.2 Å². The molecule has 5 nitrogen and oxygen atoms in total. The van der Waals surface area contributed by atoms with Crippen LogP contribution in [0.15, 0.2) is 78.9 Å². The lowest BCUT2D eigenvalue weighted by molar-refractivity contribution is -0.136. The van der Waals surface area contributed by atoms with Crippen LogP contribution in [0, 0.1) is 0 Å². The largest absolute Gasteiger partial charge is 0.481 e. The smallest absolute Gasteiger partial charge is 0.336 e. The van der Waals surface area contributed by atoms with Crippen molar-refractivity contribution in [3.05, 3.63) is 95.6 Å². The van der Waals surface area contributed by atoms with E-state index in [1.54, 1.807) is 12.1 Å². The van der Waals surface area contributed by atoms with Crippen LogP contribution in [0.4, 0.5) is 0 Å². The average Bonchev–Trinajstić information content (AvgIpc) is 2.74. The van der Waals surface area contributed by atoms with Gasteiger partial charge >= 0.3 is 11.9 Å². The Morgan fingerprint density at radius 2 is 1.37 bits per heavy atom. The molecule has 1 unspecified atom stereocenters. The summed E-state index contributed by atoms with van der Waals surface area (Å²) in [6.07, 6.45) is 0.151. The van der Waals surface area contributed by atoms with Crippen molar-refractivity contribution >= 4 is 28.8 Å². The highest BCUT2D eigenvalue weighted by atomic mass is 32.2. The van der Waals surface area contributed by atoms with Gasteiger partial charge in [0.1, 0.15) is 0 Å². The molecule has 3 aromatic carbocycles. The Balaban J connectivity index is 1.88. The molecular formula is C24H20O5S. The summed E-state index contributed by atoms with van der Waals surface area (Å²) in [5.41, 5.74) is 2.90. The number of thioether (sulfide) groups is 1. The Bertz CT molecular complexity index is 1060. The van der Waals surface area contributed by atoms with Gasteiger partial charge in [0.15, 0.2) is 0 Å². The van der Waals surface area contributed by atoms with E-state index in [1.165, 1.54) is 12.1 Å². The molecule has 152 valence electrons. The van der Waals surface area contributed by atoms with Crippen LogP contribution in [-0.2, 0) is 11.2 Å². The third-order valence-corrected chi connectivity index (χ3v) is 5.70. The number of rotatable bonds is 8. The van der Waals surface area contributed by atoms with Crippen molar-refractivity contribution in [2.45, 2.75) is 18.1 Å². The number of aromatic carboxylic acids is 1. The lowest BCUT2D eigenvalue weighted by atomic mass is 9.96. The first-order chi connectivity index (χ1) is 14.5. The van der Waals surface area contributed by atoms with Gasteiger partial charge in [-0.3, -0.25) is 9.59 Å². The summed E-state index contributed by atoms with van der Waals surface area (Å²) in [6, 6.07) is 23.4. The van der Waals surface area contributed by atoms with E-state index >= 15 is 0 Å². The van der Waals surface area contributed by atoms with Gasteiger partial charge in [0.25, 0.3) is 0 Å². The summed E-state index contributed by atoms with van der Waals surface area (Å²) in [7, 11) is 0. The van der Waals surface area contributed by atoms with Crippen molar-refractivity contribution < 1.29 is 24.6 Å². The second kappa shape index (κ2) is 9.89. The molecule has 0 heterocycles. The maximum atomic E-state index is 12.8. The summed E-state index contributed by atoms with van der Waals surface area (Å²) >= 11 is 0.873. The maximum absolute atomic E-state index is 12.8. The maximum Gasteiger partial charge on any atom is 0.336 e. The average molecular weight is 420 g/mol. The van der Waals surface area contributed by atoms with Crippen LogP contribution in [0.3, 0.4) is 0 Å². The molecule has 1 atom stereocenters. The van der Waals surface area contributed by atoms with Crippen molar-refractivity contribution in [3.8, 4) is 11.1 Å². The van der Waals surface area contributed by atoms with Crippen LogP contribution in [0.25, 0.3) is 11.1 Å². The first kappa shape index (κ1) is 21.3. The Morgan fingerprint density at radius 1 is 0.767 bits per heavy atom. The van der Waals surface area contributed by atoms with Gasteiger partial charge in [-0.25, -0.2) is 4.79 Å². The third-order valence-electron chi connectivity index (χ3n) is 4.60. The summed E-state index contributed by atoms with van der Waals surface area (Å²) in [4.78, 5) is 35.7. The van der Waals surface area contributed by atoms with Gasteiger partial charge in [-0.15, -0.1) is 0 Å². The molecule has 0 radical (unpaired) electrons. The fourth-order valence-corrected chi connectivity index (χ4v) is 4.35. The van der Waals surface area contributed by atoms with Crippen molar-refractivity contribution in [3.63, 3.8) is 0 Å². The zero-order valence-corrected chi connectivity index (χ0v) is 16.8. The van der Waals surface area contributed by atoms with Gasteiger partial charge in [-0.1, -0.05) is 78.5 Å². The molecule has 0 bridgehead atoms. The van der Waals surface area contributed by atoms with Crippen LogP contribution in [0.1, 0.15) is 32.7 Å². The molecule has 0 aliphatic rings. The van der Waals surface area contributed by atoms with E-state index in [4.69, 9.17) is 0 Å². The molecule has 6 heteroatoms. The van der Waals surface area contributed by atoms with E-state index < -0.39 is 22.3 Å². The molecule has 0 saturated carbocycles. The predicted molar refractivity (Wildman–Crippen MR) is 117 cm³/mol. The van der Waals surface area contributed by atoms with Crippen LogP contribution in [0.2, 0.25) is 0 Å². The number of aliphatic carboxylic acids is 1. The summed E-state index contributed by atoms with van der Waals surface area (Å²) in [5, 5.41) is 17.7. The van der Waals surface area contributed by atoms with Crippen LogP contribution in [-0.4, -0.2) is 32.5 Å². The third kappa shape index (κ3) is 5.36. The van der Waals surface area contributed by atoms with Gasteiger partial charge in [0.2, 0.25) is 5.12 Å². The lowest BCUT2D eigenvalue weighted by Crippen LogP contribution is -2.17. The molecule has 2 N–H and O–H groups in total. The van der Waals surface area contributed by atoms with E-state index in [0.29, 0.717) is 6.42 Å². The molecule has 0 spiro atoms. The Kier molecular flexibility index (Phi) is 7.03. The van der Waals surface area contributed by atoms with E-state index in [9.17, 15) is 24.6 Å². The summed E-state index contributed by atoms with van der Waals surface area (Å²) < 4.78 is 0. The number of carbonyl (C=O) groups excluding carboxylic acids is 1. The molecule has 3 aromatic rings. The molecule has 0 aliphatic carbocycles. The van der Waals surface area contributed by atoms with Crippen molar-refractivity contribution in [2.75, 3.05) is 0 Å². The van der Waals surface area contributed by atoms with Crippen molar-refractivity contribution in [1.82, 2.24) is 0 Å². The highest BCUT2D eigenvalue weighted by Gasteiger charge is 2.23. The van der Waals surface area contributed by atoms with Crippen LogP contribution >= 0.6 is 11.8 Å². The van der Waals surface area contributed by atoms with E-state index in [-0.39, 0.29) is 17.5 Å². The minimum absolute atomic E-state index is 0.0710. The first-order valence-corrected chi connectivity index (χ1v) is 10.2. The zero-order valence-electron chi connectivity index (χ0n) is 16.0. The minimum atomic E-state index is -1.19. The summed E-state index contributed by atoms with van der Waals surface area (Å²) in [6.45, 7) is 0. The second-order valence-electron chi connectivity index (χ2n) is 6.70. The number of carboxylic acid groups (broad SMARTS) is 2. The Hall–Kier alpha value is -3.38. The zero-order chi connectivity index (χ0) is 21.5. The molecule has 0 aromatic heterocycles. The quantitative estimate of drug-likeness (QED) is 0.532. The second-order valence-corrected chi connectivity index (χ2v) is 7.98. The van der Waals surface area contributed by atoms with Gasteiger partial charge in [0.05, 0.1) is 12.0 Å².